The molecule has 0 spiro atoms. The van der Waals surface area contributed by atoms with Crippen LogP contribution in [0.4, 0.5) is 0 Å². The third-order valence-electron chi connectivity index (χ3n) is 1.15. The van der Waals surface area contributed by atoms with Gasteiger partial charge in [-0.15, -0.1) is 0 Å². The van der Waals surface area contributed by atoms with Crippen molar-refractivity contribution in [3.63, 3.8) is 0 Å². The van der Waals surface area contributed by atoms with Crippen LogP contribution in [0.2, 0.25) is 0 Å². The Hall–Kier alpha value is 0.650. The van der Waals surface area contributed by atoms with Crippen LogP contribution in [0.5, 0.6) is 0 Å². The van der Waals surface area contributed by atoms with Gasteiger partial charge in [0.1, 0.15) is 23.0 Å². The molecule has 0 saturated heterocycles. The van der Waals surface area contributed by atoms with E-state index < -0.39 is 0 Å². The van der Waals surface area contributed by atoms with E-state index in [2.05, 4.69) is 6.92 Å². The Bertz CT molecular complexity index is 51.6. The standard InChI is InChI=1S/C7H15IO2/c1-2-3-5-9-6-4-7-10-8/h2-7H2,1H3. The highest BCUT2D eigenvalue weighted by Crippen LogP contribution is 1.92. The van der Waals surface area contributed by atoms with Crippen molar-refractivity contribution in [2.75, 3.05) is 19.8 Å². The Balaban J connectivity index is 2.65. The molecule has 0 aromatic rings. The number of hydrogen-bond acceptors (Lipinski definition) is 2. The largest absolute Gasteiger partial charge is 0.381 e. The van der Waals surface area contributed by atoms with Crippen molar-refractivity contribution in [2.24, 2.45) is 0 Å². The minimum absolute atomic E-state index is 0.798. The van der Waals surface area contributed by atoms with E-state index in [1.165, 1.54) is 12.8 Å². The Morgan fingerprint density at radius 3 is 2.40 bits per heavy atom. The van der Waals surface area contributed by atoms with E-state index in [1.54, 1.807) is 0 Å². The molecule has 0 saturated carbocycles. The number of rotatable bonds is 7. The second-order valence-electron chi connectivity index (χ2n) is 2.13. The summed E-state index contributed by atoms with van der Waals surface area (Å²) >= 11 is 1.90. The molecule has 0 fully saturated rings. The van der Waals surface area contributed by atoms with Gasteiger partial charge in [0.15, 0.2) is 0 Å². The zero-order chi connectivity index (χ0) is 7.66. The van der Waals surface area contributed by atoms with Crippen LogP contribution in [0.15, 0.2) is 0 Å². The predicted octanol–water partition coefficient (Wildman–Crippen LogP) is 2.56. The zero-order valence-corrected chi connectivity index (χ0v) is 8.59. The third-order valence-corrected chi connectivity index (χ3v) is 1.59. The Kier molecular flexibility index (Phi) is 10.3. The van der Waals surface area contributed by atoms with Crippen molar-refractivity contribution in [1.82, 2.24) is 0 Å². The highest BCUT2D eigenvalue weighted by molar-refractivity contribution is 14.1. The van der Waals surface area contributed by atoms with Gasteiger partial charge in [-0.25, -0.2) is 0 Å². The summed E-state index contributed by atoms with van der Waals surface area (Å²) in [5.74, 6) is 0. The maximum absolute atomic E-state index is 5.29. The van der Waals surface area contributed by atoms with Crippen LogP contribution in [0, 0.1) is 0 Å². The highest BCUT2D eigenvalue weighted by Gasteiger charge is 1.87. The smallest absolute Gasteiger partial charge is 0.109 e. The van der Waals surface area contributed by atoms with E-state index in [4.69, 9.17) is 7.80 Å². The number of halogens is 1. The Labute approximate surface area is 77.0 Å². The summed E-state index contributed by atoms with van der Waals surface area (Å²) in [6, 6.07) is 0. The number of ether oxygens (including phenoxy) is 1. The molecular formula is C7H15IO2. The van der Waals surface area contributed by atoms with Crippen molar-refractivity contribution in [3.8, 4) is 0 Å². The Morgan fingerprint density at radius 1 is 1.10 bits per heavy atom. The fraction of sp³-hybridized carbons (Fsp3) is 1.00. The van der Waals surface area contributed by atoms with Gasteiger partial charge in [-0.3, -0.25) is 0 Å². The molecule has 0 heterocycles. The molecule has 62 valence electrons. The third kappa shape index (κ3) is 8.65. The summed E-state index contributed by atoms with van der Waals surface area (Å²) in [4.78, 5) is 0. The lowest BCUT2D eigenvalue weighted by atomic mass is 10.4. The first-order valence-electron chi connectivity index (χ1n) is 3.73. The van der Waals surface area contributed by atoms with Gasteiger partial charge in [0.2, 0.25) is 0 Å². The molecule has 0 aliphatic carbocycles. The van der Waals surface area contributed by atoms with Crippen molar-refractivity contribution < 1.29 is 7.80 Å². The minimum atomic E-state index is 0.798. The van der Waals surface area contributed by atoms with Crippen molar-refractivity contribution in [1.29, 1.82) is 0 Å². The topological polar surface area (TPSA) is 18.5 Å². The molecule has 0 aromatic carbocycles. The summed E-state index contributed by atoms with van der Waals surface area (Å²) in [5, 5.41) is 0. The first-order valence-corrected chi connectivity index (χ1v) is 4.61. The molecule has 0 aliphatic heterocycles. The predicted molar refractivity (Wildman–Crippen MR) is 50.3 cm³/mol. The molecule has 2 nitrogen and oxygen atoms in total. The summed E-state index contributed by atoms with van der Waals surface area (Å²) in [6.45, 7) is 4.70. The lowest BCUT2D eigenvalue weighted by Crippen LogP contribution is -1.98. The summed E-state index contributed by atoms with van der Waals surface area (Å²) in [5.41, 5.74) is 0. The summed E-state index contributed by atoms with van der Waals surface area (Å²) in [6.07, 6.45) is 3.39. The van der Waals surface area contributed by atoms with Gasteiger partial charge >= 0.3 is 0 Å². The van der Waals surface area contributed by atoms with Gasteiger partial charge in [0.05, 0.1) is 6.61 Å². The number of hydrogen-bond donors (Lipinski definition) is 0. The SMILES string of the molecule is CCCCOCCCOI. The second kappa shape index (κ2) is 9.65. The van der Waals surface area contributed by atoms with Gasteiger partial charge in [-0.1, -0.05) is 13.3 Å². The quantitative estimate of drug-likeness (QED) is 0.516. The van der Waals surface area contributed by atoms with Gasteiger partial charge in [0, 0.05) is 13.2 Å². The number of unbranched alkanes of at least 4 members (excludes halogenated alkanes) is 1. The van der Waals surface area contributed by atoms with Crippen molar-refractivity contribution in [3.05, 3.63) is 0 Å². The van der Waals surface area contributed by atoms with Gasteiger partial charge < -0.3 is 7.80 Å². The van der Waals surface area contributed by atoms with Crippen LogP contribution in [0.3, 0.4) is 0 Å². The van der Waals surface area contributed by atoms with Crippen LogP contribution < -0.4 is 0 Å². The average Bonchev–Trinajstić information content (AvgIpc) is 1.97. The first-order chi connectivity index (χ1) is 4.91. The van der Waals surface area contributed by atoms with E-state index in [9.17, 15) is 0 Å². The molecule has 0 amide bonds. The molecule has 3 heteroatoms. The molecule has 0 unspecified atom stereocenters. The van der Waals surface area contributed by atoms with Crippen LogP contribution in [-0.4, -0.2) is 19.8 Å². The zero-order valence-electron chi connectivity index (χ0n) is 6.44. The molecule has 0 aromatic heterocycles. The second-order valence-corrected chi connectivity index (χ2v) is 2.76. The molecule has 0 rings (SSSR count). The van der Waals surface area contributed by atoms with Gasteiger partial charge in [0.25, 0.3) is 0 Å². The maximum atomic E-state index is 5.29. The molecular weight excluding hydrogens is 243 g/mol. The highest BCUT2D eigenvalue weighted by atomic mass is 127. The van der Waals surface area contributed by atoms with E-state index in [-0.39, 0.29) is 0 Å². The monoisotopic (exact) mass is 258 g/mol. The summed E-state index contributed by atoms with van der Waals surface area (Å²) in [7, 11) is 0. The van der Waals surface area contributed by atoms with Crippen LogP contribution in [0.25, 0.3) is 0 Å². The van der Waals surface area contributed by atoms with Crippen LogP contribution in [-0.2, 0) is 7.80 Å². The molecule has 0 aliphatic rings. The maximum Gasteiger partial charge on any atom is 0.109 e. The summed E-state index contributed by atoms with van der Waals surface area (Å²) < 4.78 is 10.1. The van der Waals surface area contributed by atoms with E-state index >= 15 is 0 Å². The lowest BCUT2D eigenvalue weighted by molar-refractivity contribution is 0.122. The van der Waals surface area contributed by atoms with Gasteiger partial charge in [-0.2, -0.15) is 0 Å². The molecule has 10 heavy (non-hydrogen) atoms. The van der Waals surface area contributed by atoms with E-state index in [1.807, 2.05) is 23.0 Å². The molecule has 0 atom stereocenters. The average molecular weight is 258 g/mol. The lowest BCUT2D eigenvalue weighted by Gasteiger charge is -2.00. The molecule has 0 bridgehead atoms. The van der Waals surface area contributed by atoms with E-state index in [0.717, 1.165) is 26.2 Å². The van der Waals surface area contributed by atoms with Crippen LogP contribution >= 0.6 is 23.0 Å². The normalized spacial score (nSPS) is 10.2. The first kappa shape index (κ1) is 10.7. The fourth-order valence-electron chi connectivity index (χ4n) is 0.564. The minimum Gasteiger partial charge on any atom is -0.381 e. The van der Waals surface area contributed by atoms with Crippen molar-refractivity contribution in [2.45, 2.75) is 26.2 Å². The Morgan fingerprint density at radius 2 is 1.80 bits per heavy atom. The van der Waals surface area contributed by atoms with Crippen LogP contribution in [0.1, 0.15) is 26.2 Å². The van der Waals surface area contributed by atoms with Crippen molar-refractivity contribution >= 4 is 23.0 Å². The molecule has 0 radical (unpaired) electrons. The fourth-order valence-corrected chi connectivity index (χ4v) is 0.875. The van der Waals surface area contributed by atoms with E-state index in [0.29, 0.717) is 0 Å². The van der Waals surface area contributed by atoms with Gasteiger partial charge in [-0.05, 0) is 12.8 Å². The molecule has 0 N–H and O–H groups in total.